The van der Waals surface area contributed by atoms with Gasteiger partial charge in [0.05, 0.1) is 12.2 Å². The molecule has 5 heteroatoms. The van der Waals surface area contributed by atoms with E-state index in [0.717, 1.165) is 37.2 Å². The fourth-order valence-corrected chi connectivity index (χ4v) is 2.69. The Morgan fingerprint density at radius 1 is 1.58 bits per heavy atom. The number of aryl methyl sites for hydroxylation is 2. The van der Waals surface area contributed by atoms with Crippen molar-refractivity contribution < 1.29 is 4.79 Å². The molecule has 19 heavy (non-hydrogen) atoms. The van der Waals surface area contributed by atoms with E-state index in [1.807, 2.05) is 24.6 Å². The second kappa shape index (κ2) is 5.33. The maximum atomic E-state index is 12.0. The molecule has 1 atom stereocenters. The summed E-state index contributed by atoms with van der Waals surface area (Å²) in [5, 5.41) is 7.86. The molecule has 1 aliphatic carbocycles. The first-order valence-electron chi connectivity index (χ1n) is 7.05. The van der Waals surface area contributed by atoms with E-state index in [0.29, 0.717) is 12.5 Å². The van der Waals surface area contributed by atoms with Crippen molar-refractivity contribution >= 4 is 5.91 Å². The van der Waals surface area contributed by atoms with Gasteiger partial charge in [0, 0.05) is 5.69 Å². The van der Waals surface area contributed by atoms with Crippen LogP contribution in [0.4, 0.5) is 0 Å². The molecule has 5 nitrogen and oxygen atoms in total. The summed E-state index contributed by atoms with van der Waals surface area (Å²) < 4.78 is 1.90. The third kappa shape index (κ3) is 2.81. The number of rotatable bonds is 7. The van der Waals surface area contributed by atoms with Gasteiger partial charge >= 0.3 is 0 Å². The highest BCUT2D eigenvalue weighted by Gasteiger charge is 2.50. The lowest BCUT2D eigenvalue weighted by Crippen LogP contribution is -2.60. The van der Waals surface area contributed by atoms with Gasteiger partial charge in [-0.2, -0.15) is 5.10 Å². The Labute approximate surface area is 114 Å². The van der Waals surface area contributed by atoms with Crippen LogP contribution in [0.15, 0.2) is 6.07 Å². The van der Waals surface area contributed by atoms with Crippen LogP contribution in [-0.2, 0) is 11.3 Å². The molecular formula is C14H24N4O. The van der Waals surface area contributed by atoms with Gasteiger partial charge in [-0.15, -0.1) is 0 Å². The summed E-state index contributed by atoms with van der Waals surface area (Å²) in [4.78, 5) is 12.0. The number of primary amides is 1. The van der Waals surface area contributed by atoms with Crippen molar-refractivity contribution in [2.45, 2.75) is 52.1 Å². The Kier molecular flexibility index (Phi) is 3.94. The molecule has 1 amide bonds. The Hall–Kier alpha value is -1.36. The summed E-state index contributed by atoms with van der Waals surface area (Å²) >= 11 is 0. The monoisotopic (exact) mass is 264 g/mol. The van der Waals surface area contributed by atoms with E-state index in [2.05, 4.69) is 17.3 Å². The first-order valence-corrected chi connectivity index (χ1v) is 7.05. The smallest absolute Gasteiger partial charge is 0.239 e. The molecule has 0 aromatic carbocycles. The molecule has 1 saturated carbocycles. The van der Waals surface area contributed by atoms with Crippen LogP contribution in [0.1, 0.15) is 37.6 Å². The van der Waals surface area contributed by atoms with Crippen LogP contribution in [0.5, 0.6) is 0 Å². The van der Waals surface area contributed by atoms with Gasteiger partial charge in [-0.1, -0.05) is 6.92 Å². The number of hydrogen-bond acceptors (Lipinski definition) is 3. The van der Waals surface area contributed by atoms with Crippen molar-refractivity contribution in [1.29, 1.82) is 0 Å². The molecule has 1 aromatic heterocycles. The van der Waals surface area contributed by atoms with Gasteiger partial charge in [0.2, 0.25) is 5.91 Å². The van der Waals surface area contributed by atoms with Crippen molar-refractivity contribution in [2.24, 2.45) is 11.7 Å². The lowest BCUT2D eigenvalue weighted by Gasteiger charge is -2.32. The van der Waals surface area contributed by atoms with Crippen molar-refractivity contribution in [3.05, 3.63) is 17.5 Å². The Morgan fingerprint density at radius 3 is 2.68 bits per heavy atom. The lowest BCUT2D eigenvalue weighted by atomic mass is 9.91. The minimum atomic E-state index is -0.640. The third-order valence-electron chi connectivity index (χ3n) is 3.91. The van der Waals surface area contributed by atoms with E-state index in [1.165, 1.54) is 0 Å². The summed E-state index contributed by atoms with van der Waals surface area (Å²) in [6.07, 6.45) is 3.12. The van der Waals surface area contributed by atoms with E-state index in [4.69, 9.17) is 5.73 Å². The van der Waals surface area contributed by atoms with Crippen LogP contribution < -0.4 is 11.1 Å². The highest BCUT2D eigenvalue weighted by molar-refractivity contribution is 5.85. The van der Waals surface area contributed by atoms with Gasteiger partial charge in [-0.05, 0) is 51.6 Å². The standard InChI is InChI=1S/C14H24N4O/c1-4-7-16-14(13(15)19,12-5-6-12)9-18-11(3)8-10(2)17-18/h8,12,16H,4-7,9H2,1-3H3,(H2,15,19). The van der Waals surface area contributed by atoms with E-state index in [1.54, 1.807) is 0 Å². The molecule has 0 bridgehead atoms. The molecule has 2 rings (SSSR count). The molecule has 0 aliphatic heterocycles. The zero-order valence-electron chi connectivity index (χ0n) is 12.1. The van der Waals surface area contributed by atoms with Crippen molar-refractivity contribution in [3.8, 4) is 0 Å². The summed E-state index contributed by atoms with van der Waals surface area (Å²) in [7, 11) is 0. The number of nitrogens with one attached hydrogen (secondary N) is 1. The number of carbonyl (C=O) groups excluding carboxylic acids is 1. The molecule has 1 aromatic rings. The number of nitrogens with two attached hydrogens (primary N) is 1. The van der Waals surface area contributed by atoms with Crippen LogP contribution in [0.25, 0.3) is 0 Å². The first-order chi connectivity index (χ1) is 8.99. The summed E-state index contributed by atoms with van der Waals surface area (Å²) in [5.41, 5.74) is 7.12. The first kappa shape index (κ1) is 14.1. The van der Waals surface area contributed by atoms with Crippen LogP contribution in [0, 0.1) is 19.8 Å². The fourth-order valence-electron chi connectivity index (χ4n) is 2.69. The molecule has 1 heterocycles. The lowest BCUT2D eigenvalue weighted by molar-refractivity contribution is -0.126. The van der Waals surface area contributed by atoms with E-state index in [9.17, 15) is 4.79 Å². The number of aromatic nitrogens is 2. The quantitative estimate of drug-likeness (QED) is 0.775. The molecule has 1 unspecified atom stereocenters. The normalized spacial score (nSPS) is 18.3. The molecular weight excluding hydrogens is 240 g/mol. The predicted octanol–water partition coefficient (Wildman–Crippen LogP) is 1.13. The third-order valence-corrected chi connectivity index (χ3v) is 3.91. The topological polar surface area (TPSA) is 72.9 Å². The van der Waals surface area contributed by atoms with E-state index >= 15 is 0 Å². The molecule has 1 fully saturated rings. The molecule has 0 radical (unpaired) electrons. The van der Waals surface area contributed by atoms with E-state index < -0.39 is 5.54 Å². The van der Waals surface area contributed by atoms with Gasteiger partial charge in [0.25, 0.3) is 0 Å². The van der Waals surface area contributed by atoms with Crippen molar-refractivity contribution in [2.75, 3.05) is 6.54 Å². The minimum absolute atomic E-state index is 0.254. The van der Waals surface area contributed by atoms with Crippen LogP contribution in [0.3, 0.4) is 0 Å². The Bertz CT molecular complexity index is 464. The minimum Gasteiger partial charge on any atom is -0.368 e. The fraction of sp³-hybridized carbons (Fsp3) is 0.714. The van der Waals surface area contributed by atoms with Crippen molar-refractivity contribution in [1.82, 2.24) is 15.1 Å². The molecule has 1 aliphatic rings. The molecule has 3 N–H and O–H groups in total. The second-order valence-corrected chi connectivity index (χ2v) is 5.62. The highest BCUT2D eigenvalue weighted by atomic mass is 16.1. The highest BCUT2D eigenvalue weighted by Crippen LogP contribution is 2.40. The largest absolute Gasteiger partial charge is 0.368 e. The zero-order valence-corrected chi connectivity index (χ0v) is 12.1. The maximum Gasteiger partial charge on any atom is 0.239 e. The van der Waals surface area contributed by atoms with Gasteiger partial charge in [0.1, 0.15) is 5.54 Å². The molecule has 0 spiro atoms. The molecule has 0 saturated heterocycles. The average molecular weight is 264 g/mol. The number of carbonyl (C=O) groups is 1. The van der Waals surface area contributed by atoms with Gasteiger partial charge < -0.3 is 11.1 Å². The van der Waals surface area contributed by atoms with Crippen molar-refractivity contribution in [3.63, 3.8) is 0 Å². The van der Waals surface area contributed by atoms with Gasteiger partial charge in [-0.25, -0.2) is 0 Å². The SMILES string of the molecule is CCCNC(Cn1nc(C)cc1C)(C(N)=O)C1CC1. The van der Waals surface area contributed by atoms with Gasteiger partial charge in [-0.3, -0.25) is 9.48 Å². The van der Waals surface area contributed by atoms with E-state index in [-0.39, 0.29) is 5.91 Å². The Morgan fingerprint density at radius 2 is 2.26 bits per heavy atom. The number of nitrogens with zero attached hydrogens (tertiary/aromatic N) is 2. The Balaban J connectivity index is 2.26. The average Bonchev–Trinajstić information content (AvgIpc) is 3.12. The number of hydrogen-bond donors (Lipinski definition) is 2. The summed E-state index contributed by atoms with van der Waals surface area (Å²) in [6, 6.07) is 2.03. The number of amides is 1. The molecule has 106 valence electrons. The summed E-state index contributed by atoms with van der Waals surface area (Å²) in [6.45, 7) is 7.41. The van der Waals surface area contributed by atoms with Crippen LogP contribution >= 0.6 is 0 Å². The second-order valence-electron chi connectivity index (χ2n) is 5.62. The zero-order chi connectivity index (χ0) is 14.0. The van der Waals surface area contributed by atoms with Crippen LogP contribution in [-0.4, -0.2) is 27.8 Å². The maximum absolute atomic E-state index is 12.0. The van der Waals surface area contributed by atoms with Gasteiger partial charge in [0.15, 0.2) is 0 Å². The van der Waals surface area contributed by atoms with Crippen LogP contribution in [0.2, 0.25) is 0 Å². The predicted molar refractivity (Wildman–Crippen MR) is 74.6 cm³/mol. The summed E-state index contributed by atoms with van der Waals surface area (Å²) in [5.74, 6) is 0.0939.